The second-order valence-corrected chi connectivity index (χ2v) is 12.1. The minimum atomic E-state index is 0. The molecule has 48 heavy (non-hydrogen) atoms. The van der Waals surface area contributed by atoms with Crippen molar-refractivity contribution >= 4 is 11.3 Å². The van der Waals surface area contributed by atoms with Crippen LogP contribution < -0.4 is 0 Å². The zero-order valence-corrected chi connectivity index (χ0v) is 30.8. The number of thiazole rings is 1. The molecule has 6 aromatic carbocycles. The smallest absolute Gasteiger partial charge is 0.507 e. The van der Waals surface area contributed by atoms with Gasteiger partial charge in [0, 0.05) is 38.8 Å². The summed E-state index contributed by atoms with van der Waals surface area (Å²) in [5.41, 5.74) is 11.8. The van der Waals surface area contributed by atoms with Gasteiger partial charge in [-0.2, -0.15) is 0 Å². The van der Waals surface area contributed by atoms with Crippen LogP contribution in [0.1, 0.15) is 11.1 Å². The van der Waals surface area contributed by atoms with E-state index in [1.165, 1.54) is 0 Å². The Hall–Kier alpha value is -4.57. The molecule has 0 atom stereocenters. The summed E-state index contributed by atoms with van der Waals surface area (Å²) < 4.78 is 0. The van der Waals surface area contributed by atoms with Crippen molar-refractivity contribution in [1.29, 1.82) is 0 Å². The van der Waals surface area contributed by atoms with Gasteiger partial charge in [-0.15, -0.1) is 11.3 Å². The average Bonchev–Trinajstić information content (AvgIpc) is 3.57. The molecule has 0 spiro atoms. The molecule has 0 aliphatic rings. The van der Waals surface area contributed by atoms with Gasteiger partial charge in [-0.05, 0) is 71.5 Å². The third-order valence-corrected chi connectivity index (χ3v) is 9.00. The zero-order chi connectivity index (χ0) is 30.9. The van der Waals surface area contributed by atoms with E-state index < -0.39 is 0 Å². The van der Waals surface area contributed by atoms with E-state index in [2.05, 4.69) is 31.4 Å². The molecule has 7 aromatic rings. The van der Waals surface area contributed by atoms with Gasteiger partial charge in [0.25, 0.3) is 0 Å². The number of hydrogen-bond acceptors (Lipinski definition) is 4. The van der Waals surface area contributed by atoms with Crippen LogP contribution in [0.3, 0.4) is 0 Å². The third kappa shape index (κ3) is 6.99. The number of nitrogens with zero attached hydrogens (tertiary/aromatic N) is 1. The number of aryl methyl sites for hydroxylation is 2. The Morgan fingerprint density at radius 2 is 0.833 bits per heavy atom. The molecule has 1 aromatic heterocycles. The Morgan fingerprint density at radius 1 is 0.458 bits per heavy atom. The molecule has 0 saturated heterocycles. The monoisotopic (exact) mass is 721 g/mol. The summed E-state index contributed by atoms with van der Waals surface area (Å²) in [4.78, 5) is 5.14. The van der Waals surface area contributed by atoms with E-state index >= 15 is 0 Å². The standard InChI is InChI=1S/C41H31NO2S.2CH3.Zr/c1-26-21-34(28-13-5-3-6-14-28)39(43)36(23-26)30-17-9-11-19-32(30)38-25-45-41(42-38)33-20-12-10-18-31(33)37-24-27(2)22-35(40(37)44)29-15-7-4-8-16-29;;;/h3-25,43-44H,1-2H3;2*1H3;/q;2*-1;+2. The number of rotatable bonds is 6. The topological polar surface area (TPSA) is 53.4 Å². The van der Waals surface area contributed by atoms with Crippen molar-refractivity contribution < 1.29 is 36.4 Å². The summed E-state index contributed by atoms with van der Waals surface area (Å²) >= 11 is 1.57. The fraction of sp³-hybridized carbons (Fsp3) is 0.0465. The van der Waals surface area contributed by atoms with Crippen LogP contribution in [0.2, 0.25) is 0 Å². The van der Waals surface area contributed by atoms with Gasteiger partial charge in [0.05, 0.1) is 5.69 Å². The Balaban J connectivity index is 0.00000173. The molecule has 0 fully saturated rings. The number of aromatic nitrogens is 1. The van der Waals surface area contributed by atoms with Crippen molar-refractivity contribution in [1.82, 2.24) is 4.98 Å². The van der Waals surface area contributed by atoms with Gasteiger partial charge in [-0.25, -0.2) is 4.98 Å². The second-order valence-electron chi connectivity index (χ2n) is 11.3. The molecule has 0 aliphatic carbocycles. The van der Waals surface area contributed by atoms with Gasteiger partial charge in [-0.3, -0.25) is 0 Å². The first-order valence-corrected chi connectivity index (χ1v) is 15.8. The molecule has 0 aliphatic heterocycles. The van der Waals surface area contributed by atoms with E-state index in [0.717, 1.165) is 77.5 Å². The van der Waals surface area contributed by atoms with Gasteiger partial charge in [0.2, 0.25) is 0 Å². The quantitative estimate of drug-likeness (QED) is 0.168. The number of phenolic OH excluding ortho intramolecular Hbond substituents is 2. The van der Waals surface area contributed by atoms with Crippen LogP contribution in [-0.4, -0.2) is 15.2 Å². The predicted octanol–water partition coefficient (Wildman–Crippen LogP) is 12.1. The fourth-order valence-corrected chi connectivity index (χ4v) is 6.87. The molecule has 236 valence electrons. The van der Waals surface area contributed by atoms with Crippen molar-refractivity contribution in [2.75, 3.05) is 0 Å². The maximum atomic E-state index is 11.5. The molecule has 7 rings (SSSR count). The van der Waals surface area contributed by atoms with E-state index in [9.17, 15) is 10.2 Å². The normalized spacial score (nSPS) is 10.4. The van der Waals surface area contributed by atoms with Gasteiger partial charge in [0.15, 0.2) is 0 Å². The zero-order valence-electron chi connectivity index (χ0n) is 27.5. The Labute approximate surface area is 307 Å². The maximum absolute atomic E-state index is 11.5. The van der Waals surface area contributed by atoms with Crippen molar-refractivity contribution in [3.63, 3.8) is 0 Å². The minimum absolute atomic E-state index is 0. The molecule has 0 amide bonds. The average molecular weight is 723 g/mol. The van der Waals surface area contributed by atoms with Crippen molar-refractivity contribution in [2.24, 2.45) is 0 Å². The molecular formula is C43H37NO2SZr. The Bertz CT molecular complexity index is 2000. The van der Waals surface area contributed by atoms with Crippen LogP contribution in [0.15, 0.2) is 139 Å². The molecule has 5 heteroatoms. The van der Waals surface area contributed by atoms with Crippen LogP contribution in [0.5, 0.6) is 11.5 Å². The molecule has 2 N–H and O–H groups in total. The number of hydrogen-bond donors (Lipinski definition) is 2. The SMILES string of the molecule is Cc1cc(-c2ccccc2)c(O)c(-c2ccccc2-c2csc(-c3ccccc3-c3cc(C)cc(-c4ccccc4)c3O)n2)c1.[CH3-].[CH3-].[Zr+2]. The summed E-state index contributed by atoms with van der Waals surface area (Å²) in [5, 5.41) is 26.0. The van der Waals surface area contributed by atoms with E-state index in [1.807, 2.05) is 121 Å². The van der Waals surface area contributed by atoms with Gasteiger partial charge >= 0.3 is 26.2 Å². The molecule has 0 bridgehead atoms. The van der Waals surface area contributed by atoms with Gasteiger partial charge in [0.1, 0.15) is 16.5 Å². The van der Waals surface area contributed by atoms with E-state index in [1.54, 1.807) is 11.3 Å². The van der Waals surface area contributed by atoms with E-state index in [0.29, 0.717) is 0 Å². The number of benzene rings is 6. The second kappa shape index (κ2) is 15.6. The van der Waals surface area contributed by atoms with Crippen LogP contribution in [0.4, 0.5) is 0 Å². The summed E-state index contributed by atoms with van der Waals surface area (Å²) in [5.74, 6) is 0.509. The number of phenols is 2. The Kier molecular flexibility index (Phi) is 11.8. The minimum Gasteiger partial charge on any atom is -0.507 e. The van der Waals surface area contributed by atoms with E-state index in [-0.39, 0.29) is 52.6 Å². The van der Waals surface area contributed by atoms with Gasteiger partial charge in [-0.1, -0.05) is 109 Å². The van der Waals surface area contributed by atoms with Crippen LogP contribution >= 0.6 is 11.3 Å². The molecule has 1 heterocycles. The van der Waals surface area contributed by atoms with Crippen LogP contribution in [-0.2, 0) is 26.2 Å². The first-order chi connectivity index (χ1) is 22.0. The summed E-state index contributed by atoms with van der Waals surface area (Å²) in [6.07, 6.45) is 0. The Morgan fingerprint density at radius 3 is 1.31 bits per heavy atom. The summed E-state index contributed by atoms with van der Waals surface area (Å²) in [7, 11) is 0. The fourth-order valence-electron chi connectivity index (χ4n) is 6.01. The summed E-state index contributed by atoms with van der Waals surface area (Å²) in [6, 6.07) is 44.3. The summed E-state index contributed by atoms with van der Waals surface area (Å²) in [6.45, 7) is 4.11. The third-order valence-electron chi connectivity index (χ3n) is 8.12. The van der Waals surface area contributed by atoms with Crippen molar-refractivity contribution in [2.45, 2.75) is 13.8 Å². The molecule has 0 radical (unpaired) electrons. The molecular weight excluding hydrogens is 686 g/mol. The largest absolute Gasteiger partial charge is 2.00 e. The molecule has 3 nitrogen and oxygen atoms in total. The van der Waals surface area contributed by atoms with Crippen LogP contribution in [0.25, 0.3) is 66.3 Å². The number of aromatic hydroxyl groups is 2. The van der Waals surface area contributed by atoms with Gasteiger partial charge < -0.3 is 25.1 Å². The first kappa shape index (κ1) is 36.3. The van der Waals surface area contributed by atoms with Crippen molar-refractivity contribution in [3.8, 4) is 77.8 Å². The maximum Gasteiger partial charge on any atom is 2.00 e. The molecule has 0 saturated carbocycles. The first-order valence-electron chi connectivity index (χ1n) is 14.9. The molecule has 0 unspecified atom stereocenters. The van der Waals surface area contributed by atoms with Crippen LogP contribution in [0, 0.1) is 28.7 Å². The van der Waals surface area contributed by atoms with Crippen molar-refractivity contribution in [3.05, 3.63) is 165 Å². The van der Waals surface area contributed by atoms with E-state index in [4.69, 9.17) is 4.98 Å². The predicted molar refractivity (Wildman–Crippen MR) is 200 cm³/mol.